The van der Waals surface area contributed by atoms with Gasteiger partial charge in [0.15, 0.2) is 0 Å². The first-order valence-corrected chi connectivity index (χ1v) is 9.61. The zero-order valence-corrected chi connectivity index (χ0v) is 17.0. The number of piperazine rings is 1. The molecule has 148 valence electrons. The van der Waals surface area contributed by atoms with Crippen LogP contribution in [0.2, 0.25) is 0 Å². The van der Waals surface area contributed by atoms with Crippen LogP contribution in [0.1, 0.15) is 42.0 Å². The largest absolute Gasteiger partial charge is 0.342 e. The summed E-state index contributed by atoms with van der Waals surface area (Å²) in [7, 11) is 1.67. The molecule has 0 spiro atoms. The van der Waals surface area contributed by atoms with Gasteiger partial charge in [0.1, 0.15) is 11.6 Å². The molecule has 29 heavy (non-hydrogen) atoms. The highest BCUT2D eigenvalue weighted by Crippen LogP contribution is 2.33. The smallest absolute Gasteiger partial charge is 0.246 e. The Labute approximate surface area is 171 Å². The number of amides is 2. The van der Waals surface area contributed by atoms with Crippen molar-refractivity contribution in [2.75, 3.05) is 7.05 Å². The number of benzene rings is 2. The number of hydrogen-bond acceptors (Lipinski definition) is 3. The van der Waals surface area contributed by atoms with Crippen LogP contribution in [0, 0.1) is 11.3 Å². The van der Waals surface area contributed by atoms with Crippen molar-refractivity contribution >= 4 is 17.9 Å². The van der Waals surface area contributed by atoms with Crippen molar-refractivity contribution in [2.24, 2.45) is 0 Å². The SMILES string of the molecule is C=Cc1cccc(C#N)c1C(C)C1NC(=O)C(C)(Cc2ccccc2)N(C)C1=O. The summed E-state index contributed by atoms with van der Waals surface area (Å²) in [5.74, 6) is -0.743. The highest BCUT2D eigenvalue weighted by atomic mass is 16.2. The third-order valence-electron chi connectivity index (χ3n) is 5.94. The molecular weight excluding hydrogens is 362 g/mol. The molecule has 5 heteroatoms. The Bertz CT molecular complexity index is 993. The quantitative estimate of drug-likeness (QED) is 0.856. The van der Waals surface area contributed by atoms with Crippen molar-refractivity contribution < 1.29 is 9.59 Å². The molecule has 0 radical (unpaired) electrons. The molecule has 5 nitrogen and oxygen atoms in total. The molecule has 0 aromatic heterocycles. The van der Waals surface area contributed by atoms with Gasteiger partial charge in [-0.1, -0.05) is 62.0 Å². The minimum absolute atomic E-state index is 0.168. The molecule has 2 aromatic rings. The van der Waals surface area contributed by atoms with Crippen LogP contribution in [-0.2, 0) is 16.0 Å². The molecule has 1 aliphatic heterocycles. The molecule has 3 unspecified atom stereocenters. The van der Waals surface area contributed by atoms with Crippen molar-refractivity contribution in [3.05, 3.63) is 77.4 Å². The van der Waals surface area contributed by atoms with Gasteiger partial charge in [-0.3, -0.25) is 9.59 Å². The lowest BCUT2D eigenvalue weighted by Crippen LogP contribution is -2.70. The topological polar surface area (TPSA) is 73.2 Å². The van der Waals surface area contributed by atoms with Crippen LogP contribution >= 0.6 is 0 Å². The van der Waals surface area contributed by atoms with E-state index in [-0.39, 0.29) is 17.7 Å². The van der Waals surface area contributed by atoms with Gasteiger partial charge in [-0.15, -0.1) is 0 Å². The van der Waals surface area contributed by atoms with Crippen LogP contribution in [0.4, 0.5) is 0 Å². The number of nitrogens with zero attached hydrogens (tertiary/aromatic N) is 2. The van der Waals surface area contributed by atoms with Crippen LogP contribution in [0.15, 0.2) is 55.1 Å². The van der Waals surface area contributed by atoms with E-state index in [2.05, 4.69) is 18.0 Å². The summed E-state index contributed by atoms with van der Waals surface area (Å²) in [6.45, 7) is 7.47. The predicted molar refractivity (Wildman–Crippen MR) is 113 cm³/mol. The Morgan fingerprint density at radius 3 is 2.55 bits per heavy atom. The molecule has 0 saturated carbocycles. The number of carbonyl (C=O) groups is 2. The van der Waals surface area contributed by atoms with E-state index in [0.29, 0.717) is 12.0 Å². The van der Waals surface area contributed by atoms with E-state index >= 15 is 0 Å². The molecule has 2 amide bonds. The van der Waals surface area contributed by atoms with Gasteiger partial charge >= 0.3 is 0 Å². The second-order valence-electron chi connectivity index (χ2n) is 7.70. The van der Waals surface area contributed by atoms with Gasteiger partial charge in [0.05, 0.1) is 11.6 Å². The number of hydrogen-bond donors (Lipinski definition) is 1. The third kappa shape index (κ3) is 3.54. The van der Waals surface area contributed by atoms with E-state index in [1.165, 1.54) is 0 Å². The number of nitriles is 1. The summed E-state index contributed by atoms with van der Waals surface area (Å²) in [6, 6.07) is 16.5. The molecule has 0 aliphatic carbocycles. The fraction of sp³-hybridized carbons (Fsp3) is 0.292. The van der Waals surface area contributed by atoms with E-state index in [0.717, 1.165) is 16.7 Å². The first-order chi connectivity index (χ1) is 13.8. The lowest BCUT2D eigenvalue weighted by atomic mass is 9.81. The molecule has 0 bridgehead atoms. The minimum atomic E-state index is -0.981. The molecule has 3 atom stereocenters. The Kier molecular flexibility index (Phi) is 5.56. The Morgan fingerprint density at radius 2 is 1.93 bits per heavy atom. The van der Waals surface area contributed by atoms with E-state index < -0.39 is 11.6 Å². The molecule has 1 aliphatic rings. The Hall–Kier alpha value is -3.39. The van der Waals surface area contributed by atoms with Crippen molar-refractivity contribution in [1.29, 1.82) is 5.26 Å². The predicted octanol–water partition coefficient (Wildman–Crippen LogP) is 3.26. The molecule has 2 aromatic carbocycles. The molecule has 3 rings (SSSR count). The molecule has 1 N–H and O–H groups in total. The highest BCUT2D eigenvalue weighted by molar-refractivity contribution is 6.00. The maximum atomic E-state index is 13.3. The second kappa shape index (κ2) is 7.92. The van der Waals surface area contributed by atoms with E-state index in [1.54, 1.807) is 37.1 Å². The van der Waals surface area contributed by atoms with Crippen LogP contribution in [0.25, 0.3) is 6.08 Å². The fourth-order valence-corrected chi connectivity index (χ4v) is 4.03. The summed E-state index contributed by atoms with van der Waals surface area (Å²) in [5, 5.41) is 12.5. The van der Waals surface area contributed by atoms with Gasteiger partial charge in [-0.05, 0) is 29.7 Å². The number of nitrogens with one attached hydrogen (secondary N) is 1. The number of carbonyl (C=O) groups excluding carboxylic acids is 2. The monoisotopic (exact) mass is 387 g/mol. The zero-order valence-electron chi connectivity index (χ0n) is 17.0. The van der Waals surface area contributed by atoms with Crippen molar-refractivity contribution in [2.45, 2.75) is 37.8 Å². The first-order valence-electron chi connectivity index (χ1n) is 9.61. The molecule has 1 heterocycles. The molecule has 1 fully saturated rings. The average Bonchev–Trinajstić information content (AvgIpc) is 2.74. The van der Waals surface area contributed by atoms with Gasteiger partial charge in [0.25, 0.3) is 0 Å². The van der Waals surface area contributed by atoms with Gasteiger partial charge in [0, 0.05) is 19.4 Å². The maximum Gasteiger partial charge on any atom is 0.246 e. The summed E-state index contributed by atoms with van der Waals surface area (Å²) in [5.41, 5.74) is 2.00. The second-order valence-corrected chi connectivity index (χ2v) is 7.70. The van der Waals surface area contributed by atoms with Crippen molar-refractivity contribution in [1.82, 2.24) is 10.2 Å². The lowest BCUT2D eigenvalue weighted by Gasteiger charge is -2.46. The summed E-state index contributed by atoms with van der Waals surface area (Å²) in [6.07, 6.45) is 2.10. The zero-order chi connectivity index (χ0) is 21.2. The minimum Gasteiger partial charge on any atom is -0.342 e. The summed E-state index contributed by atoms with van der Waals surface area (Å²) in [4.78, 5) is 28.0. The lowest BCUT2D eigenvalue weighted by molar-refractivity contribution is -0.154. The van der Waals surface area contributed by atoms with Crippen LogP contribution < -0.4 is 5.32 Å². The number of likely N-dealkylation sites (N-methyl/N-ethyl adjacent to an activating group) is 1. The maximum absolute atomic E-state index is 13.3. The summed E-state index contributed by atoms with van der Waals surface area (Å²) >= 11 is 0. The third-order valence-corrected chi connectivity index (χ3v) is 5.94. The van der Waals surface area contributed by atoms with Crippen LogP contribution in [-0.4, -0.2) is 35.3 Å². The Balaban J connectivity index is 1.94. The normalized spacial score (nSPS) is 22.6. The standard InChI is InChI=1S/C24H25N3O2/c1-5-18-12-9-13-19(15-25)20(18)16(2)21-22(28)27(4)24(3,23(29)26-21)14-17-10-7-6-8-11-17/h5-13,16,21H,1,14H2,2-4H3,(H,26,29). The van der Waals surface area contributed by atoms with Crippen molar-refractivity contribution in [3.8, 4) is 6.07 Å². The first kappa shape index (κ1) is 20.3. The summed E-state index contributed by atoms with van der Waals surface area (Å²) < 4.78 is 0. The Morgan fingerprint density at radius 1 is 1.24 bits per heavy atom. The van der Waals surface area contributed by atoms with Gasteiger partial charge in [-0.25, -0.2) is 0 Å². The average molecular weight is 387 g/mol. The molecular formula is C24H25N3O2. The van der Waals surface area contributed by atoms with E-state index in [1.807, 2.05) is 43.3 Å². The van der Waals surface area contributed by atoms with Gasteiger partial charge < -0.3 is 10.2 Å². The van der Waals surface area contributed by atoms with Crippen LogP contribution in [0.5, 0.6) is 0 Å². The number of rotatable bonds is 5. The van der Waals surface area contributed by atoms with Crippen LogP contribution in [0.3, 0.4) is 0 Å². The van der Waals surface area contributed by atoms with Gasteiger partial charge in [-0.2, -0.15) is 5.26 Å². The van der Waals surface area contributed by atoms with E-state index in [4.69, 9.17) is 0 Å². The highest BCUT2D eigenvalue weighted by Gasteiger charge is 2.49. The van der Waals surface area contributed by atoms with Gasteiger partial charge in [0.2, 0.25) is 11.8 Å². The van der Waals surface area contributed by atoms with E-state index in [9.17, 15) is 14.9 Å². The van der Waals surface area contributed by atoms with Crippen molar-refractivity contribution in [3.63, 3.8) is 0 Å². The fourth-order valence-electron chi connectivity index (χ4n) is 4.03. The molecule has 1 saturated heterocycles.